The SMILES string of the molecule is O=C(O)c1[nH]nnc1Oc1ccc(Cl)c2ccccc12. The van der Waals surface area contributed by atoms with Crippen molar-refractivity contribution in [2.24, 2.45) is 0 Å². The topological polar surface area (TPSA) is 88.1 Å². The van der Waals surface area contributed by atoms with Gasteiger partial charge in [0.15, 0.2) is 0 Å². The van der Waals surface area contributed by atoms with E-state index >= 15 is 0 Å². The molecule has 0 amide bonds. The number of hydrogen-bond donors (Lipinski definition) is 2. The maximum absolute atomic E-state index is 11.0. The number of benzene rings is 2. The van der Waals surface area contributed by atoms with Gasteiger partial charge in [0.1, 0.15) is 5.75 Å². The van der Waals surface area contributed by atoms with Crippen molar-refractivity contribution in [1.82, 2.24) is 15.4 Å². The van der Waals surface area contributed by atoms with Crippen LogP contribution in [0, 0.1) is 0 Å². The highest BCUT2D eigenvalue weighted by Crippen LogP contribution is 2.33. The number of nitrogens with one attached hydrogen (secondary N) is 1. The van der Waals surface area contributed by atoms with Crippen LogP contribution in [0.4, 0.5) is 0 Å². The maximum Gasteiger partial charge on any atom is 0.359 e. The zero-order valence-corrected chi connectivity index (χ0v) is 10.8. The second kappa shape index (κ2) is 4.82. The minimum Gasteiger partial charge on any atom is -0.476 e. The van der Waals surface area contributed by atoms with Gasteiger partial charge in [-0.05, 0) is 12.1 Å². The van der Waals surface area contributed by atoms with Crippen molar-refractivity contribution in [3.8, 4) is 11.6 Å². The molecule has 0 atom stereocenters. The highest BCUT2D eigenvalue weighted by Gasteiger charge is 2.17. The van der Waals surface area contributed by atoms with Gasteiger partial charge in [-0.15, -0.1) is 0 Å². The Balaban J connectivity index is 2.09. The summed E-state index contributed by atoms with van der Waals surface area (Å²) in [6.07, 6.45) is 0. The van der Waals surface area contributed by atoms with Crippen LogP contribution in [0.15, 0.2) is 36.4 Å². The number of aromatic carboxylic acids is 1. The molecule has 6 nitrogen and oxygen atoms in total. The Morgan fingerprint density at radius 3 is 2.70 bits per heavy atom. The second-order valence-electron chi connectivity index (χ2n) is 3.99. The van der Waals surface area contributed by atoms with Crippen LogP contribution >= 0.6 is 11.6 Å². The average Bonchev–Trinajstić information content (AvgIpc) is 2.91. The maximum atomic E-state index is 11.0. The summed E-state index contributed by atoms with van der Waals surface area (Å²) in [4.78, 5) is 11.0. The number of fused-ring (bicyclic) bond motifs is 1. The van der Waals surface area contributed by atoms with E-state index in [4.69, 9.17) is 21.4 Å². The minimum absolute atomic E-state index is 0.0926. The fourth-order valence-electron chi connectivity index (χ4n) is 1.86. The van der Waals surface area contributed by atoms with E-state index < -0.39 is 5.97 Å². The lowest BCUT2D eigenvalue weighted by Gasteiger charge is -2.08. The van der Waals surface area contributed by atoms with Gasteiger partial charge in [-0.3, -0.25) is 0 Å². The van der Waals surface area contributed by atoms with Gasteiger partial charge in [-0.25, -0.2) is 9.89 Å². The molecule has 100 valence electrons. The van der Waals surface area contributed by atoms with Gasteiger partial charge in [0, 0.05) is 15.8 Å². The van der Waals surface area contributed by atoms with E-state index in [1.54, 1.807) is 12.1 Å². The van der Waals surface area contributed by atoms with Crippen LogP contribution < -0.4 is 4.74 Å². The van der Waals surface area contributed by atoms with Crippen molar-refractivity contribution in [2.75, 3.05) is 0 Å². The van der Waals surface area contributed by atoms with Gasteiger partial charge >= 0.3 is 5.97 Å². The molecule has 0 saturated heterocycles. The number of carbonyl (C=O) groups is 1. The van der Waals surface area contributed by atoms with Crippen molar-refractivity contribution in [1.29, 1.82) is 0 Å². The summed E-state index contributed by atoms with van der Waals surface area (Å²) in [5.41, 5.74) is -0.205. The predicted octanol–water partition coefficient (Wildman–Crippen LogP) is 3.10. The summed E-state index contributed by atoms with van der Waals surface area (Å²) in [6, 6.07) is 10.7. The molecule has 2 N–H and O–H groups in total. The minimum atomic E-state index is -1.19. The Bertz CT molecular complexity index is 800. The first kappa shape index (κ1) is 12.4. The van der Waals surface area contributed by atoms with Crippen LogP contribution in [0.2, 0.25) is 5.02 Å². The van der Waals surface area contributed by atoms with Crippen LogP contribution in [0.25, 0.3) is 10.8 Å². The van der Waals surface area contributed by atoms with Crippen LogP contribution in [0.3, 0.4) is 0 Å². The average molecular weight is 290 g/mol. The van der Waals surface area contributed by atoms with Crippen LogP contribution in [-0.4, -0.2) is 26.5 Å². The molecule has 0 aliphatic heterocycles. The monoisotopic (exact) mass is 289 g/mol. The molecule has 20 heavy (non-hydrogen) atoms. The lowest BCUT2D eigenvalue weighted by Crippen LogP contribution is -1.99. The Hall–Kier alpha value is -2.60. The Morgan fingerprint density at radius 2 is 1.95 bits per heavy atom. The van der Waals surface area contributed by atoms with Crippen LogP contribution in [-0.2, 0) is 0 Å². The van der Waals surface area contributed by atoms with E-state index in [1.165, 1.54) is 0 Å². The fourth-order valence-corrected chi connectivity index (χ4v) is 2.08. The Kier molecular flexibility index (Phi) is 3.00. The first-order valence-corrected chi connectivity index (χ1v) is 6.04. The molecule has 2 aromatic carbocycles. The number of carboxylic acids is 1. The number of ether oxygens (including phenoxy) is 1. The van der Waals surface area contributed by atoms with Gasteiger partial charge in [-0.1, -0.05) is 46.2 Å². The molecule has 3 rings (SSSR count). The van der Waals surface area contributed by atoms with Crippen molar-refractivity contribution in [2.45, 2.75) is 0 Å². The van der Waals surface area contributed by atoms with Crippen LogP contribution in [0.1, 0.15) is 10.5 Å². The highest BCUT2D eigenvalue weighted by molar-refractivity contribution is 6.35. The lowest BCUT2D eigenvalue weighted by molar-refractivity contribution is 0.0687. The first-order chi connectivity index (χ1) is 9.66. The van der Waals surface area contributed by atoms with E-state index in [-0.39, 0.29) is 11.6 Å². The molecule has 3 aromatic rings. The number of hydrogen-bond acceptors (Lipinski definition) is 4. The zero-order chi connectivity index (χ0) is 14.1. The third-order valence-electron chi connectivity index (χ3n) is 2.77. The van der Waals surface area contributed by atoms with Crippen molar-refractivity contribution in [3.63, 3.8) is 0 Å². The molecule has 1 aromatic heterocycles. The molecular weight excluding hydrogens is 282 g/mol. The Labute approximate surface area is 117 Å². The summed E-state index contributed by atoms with van der Waals surface area (Å²) in [5, 5.41) is 20.5. The number of aromatic amines is 1. The number of carboxylic acid groups (broad SMARTS) is 1. The van der Waals surface area contributed by atoms with E-state index in [1.807, 2.05) is 24.3 Å². The summed E-state index contributed by atoms with van der Waals surface area (Å²) < 4.78 is 5.53. The third kappa shape index (κ3) is 2.06. The van der Waals surface area contributed by atoms with Crippen LogP contribution in [0.5, 0.6) is 11.6 Å². The summed E-state index contributed by atoms with van der Waals surface area (Å²) in [5.74, 6) is -0.824. The fraction of sp³-hybridized carbons (Fsp3) is 0. The number of nitrogens with zero attached hydrogens (tertiary/aromatic N) is 2. The van der Waals surface area contributed by atoms with Crippen molar-refractivity contribution in [3.05, 3.63) is 47.1 Å². The van der Waals surface area contributed by atoms with E-state index in [0.717, 1.165) is 10.8 Å². The summed E-state index contributed by atoms with van der Waals surface area (Å²) >= 11 is 6.11. The molecule has 0 radical (unpaired) electrons. The molecule has 7 heteroatoms. The van der Waals surface area contributed by atoms with E-state index in [0.29, 0.717) is 10.8 Å². The van der Waals surface area contributed by atoms with Gasteiger partial charge in [0.05, 0.1) is 0 Å². The van der Waals surface area contributed by atoms with Gasteiger partial charge in [-0.2, -0.15) is 0 Å². The third-order valence-corrected chi connectivity index (χ3v) is 3.10. The van der Waals surface area contributed by atoms with Gasteiger partial charge < -0.3 is 9.84 Å². The summed E-state index contributed by atoms with van der Waals surface area (Å²) in [6.45, 7) is 0. The number of halogens is 1. The molecule has 0 unspecified atom stereocenters. The molecule has 0 bridgehead atoms. The quantitative estimate of drug-likeness (QED) is 0.773. The molecule has 0 fully saturated rings. The lowest BCUT2D eigenvalue weighted by atomic mass is 10.1. The molecular formula is C13H8ClN3O3. The number of H-pyrrole nitrogens is 1. The zero-order valence-electron chi connectivity index (χ0n) is 10.0. The smallest absolute Gasteiger partial charge is 0.359 e. The van der Waals surface area contributed by atoms with Gasteiger partial charge in [0.25, 0.3) is 5.88 Å². The van der Waals surface area contributed by atoms with Crippen molar-refractivity contribution < 1.29 is 14.6 Å². The van der Waals surface area contributed by atoms with Crippen molar-refractivity contribution >= 4 is 28.3 Å². The molecule has 0 aliphatic carbocycles. The molecule has 0 spiro atoms. The second-order valence-corrected chi connectivity index (χ2v) is 4.40. The number of aromatic nitrogens is 3. The summed E-state index contributed by atoms with van der Waals surface area (Å²) in [7, 11) is 0. The normalized spacial score (nSPS) is 10.7. The Morgan fingerprint density at radius 1 is 1.20 bits per heavy atom. The largest absolute Gasteiger partial charge is 0.476 e. The van der Waals surface area contributed by atoms with E-state index in [2.05, 4.69) is 15.4 Å². The highest BCUT2D eigenvalue weighted by atomic mass is 35.5. The number of rotatable bonds is 3. The van der Waals surface area contributed by atoms with Gasteiger partial charge in [0.2, 0.25) is 5.69 Å². The van der Waals surface area contributed by atoms with E-state index in [9.17, 15) is 4.79 Å². The predicted molar refractivity (Wildman–Crippen MR) is 72.4 cm³/mol. The molecule has 1 heterocycles. The standard InChI is InChI=1S/C13H8ClN3O3/c14-9-5-6-10(8-4-2-1-3-7(8)9)20-12-11(13(18)19)15-17-16-12/h1-6H,(H,18,19)(H,15,16,17). The molecule has 0 saturated carbocycles. The first-order valence-electron chi connectivity index (χ1n) is 5.66. The molecule has 0 aliphatic rings.